The average molecular weight is 502 g/mol. The Morgan fingerprint density at radius 3 is 2.09 bits per heavy atom. The van der Waals surface area contributed by atoms with E-state index in [1.807, 2.05) is 48.5 Å². The van der Waals surface area contributed by atoms with Crippen molar-refractivity contribution in [2.24, 2.45) is 10.7 Å². The van der Waals surface area contributed by atoms with Crippen LogP contribution in [-0.2, 0) is 20.5 Å². The van der Waals surface area contributed by atoms with E-state index in [4.69, 9.17) is 14.7 Å². The molecular weight excluding hydrogens is 478 g/mol. The molecule has 3 aromatic carbocycles. The van der Waals surface area contributed by atoms with Crippen LogP contribution in [0.5, 0.6) is 11.5 Å². The van der Waals surface area contributed by atoms with Crippen LogP contribution >= 0.6 is 12.4 Å². The quantitative estimate of drug-likeness (QED) is 0.519. The number of rotatable bonds is 6. The molecular formula is C24H24ClN3O5S. The number of aliphatic imine (C=N–C) groups is 1. The highest BCUT2D eigenvalue weighted by atomic mass is 35.5. The van der Waals surface area contributed by atoms with Gasteiger partial charge in [0.1, 0.15) is 11.5 Å². The number of benzene rings is 3. The molecule has 10 heteroatoms. The molecule has 0 fully saturated rings. The Kier molecular flexibility index (Phi) is 6.90. The first-order valence-corrected chi connectivity index (χ1v) is 11.8. The molecule has 0 spiro atoms. The number of ether oxygens (including phenoxy) is 1. The Balaban J connectivity index is 0.00000324. The molecule has 1 aliphatic rings. The Morgan fingerprint density at radius 2 is 1.53 bits per heavy atom. The van der Waals surface area contributed by atoms with Crippen molar-refractivity contribution < 1.29 is 22.1 Å². The Hall–Kier alpha value is -3.56. The molecule has 1 aliphatic heterocycles. The summed E-state index contributed by atoms with van der Waals surface area (Å²) in [6.45, 7) is 0. The number of carbonyl (C=O) groups is 1. The fourth-order valence-corrected chi connectivity index (χ4v) is 4.30. The van der Waals surface area contributed by atoms with E-state index in [-0.39, 0.29) is 30.0 Å². The zero-order valence-corrected chi connectivity index (χ0v) is 20.4. The van der Waals surface area contributed by atoms with Crippen molar-refractivity contribution in [3.8, 4) is 22.6 Å². The fourth-order valence-electron chi connectivity index (χ4n) is 3.84. The third kappa shape index (κ3) is 4.57. The molecule has 3 aromatic rings. The van der Waals surface area contributed by atoms with Crippen molar-refractivity contribution in [3.05, 3.63) is 83.9 Å². The number of hydrogen-bond donors (Lipinski definition) is 1. The summed E-state index contributed by atoms with van der Waals surface area (Å²) < 4.78 is 33.2. The molecule has 1 amide bonds. The second-order valence-electron chi connectivity index (χ2n) is 7.67. The number of carbonyl (C=O) groups excluding carboxylic acids is 1. The normalized spacial score (nSPS) is 17.7. The summed E-state index contributed by atoms with van der Waals surface area (Å²) in [4.78, 5) is 19.4. The van der Waals surface area contributed by atoms with Crippen LogP contribution in [0.1, 0.15) is 11.1 Å². The van der Waals surface area contributed by atoms with Gasteiger partial charge in [0.2, 0.25) is 0 Å². The van der Waals surface area contributed by atoms with Crippen molar-refractivity contribution >= 4 is 34.4 Å². The Morgan fingerprint density at radius 1 is 0.912 bits per heavy atom. The van der Waals surface area contributed by atoms with E-state index in [9.17, 15) is 13.2 Å². The van der Waals surface area contributed by atoms with Crippen molar-refractivity contribution in [2.75, 3.05) is 20.4 Å². The summed E-state index contributed by atoms with van der Waals surface area (Å²) in [5.41, 5.74) is 7.58. The van der Waals surface area contributed by atoms with Gasteiger partial charge in [-0.25, -0.2) is 4.99 Å². The van der Waals surface area contributed by atoms with Gasteiger partial charge in [-0.2, -0.15) is 8.42 Å². The summed E-state index contributed by atoms with van der Waals surface area (Å²) in [6.07, 6.45) is 0.965. The van der Waals surface area contributed by atoms with Crippen LogP contribution in [0.4, 0.5) is 0 Å². The van der Waals surface area contributed by atoms with Crippen LogP contribution in [0.2, 0.25) is 0 Å². The van der Waals surface area contributed by atoms with Crippen LogP contribution in [0.15, 0.2) is 77.8 Å². The molecule has 1 heterocycles. The molecule has 0 aromatic heterocycles. The van der Waals surface area contributed by atoms with Crippen molar-refractivity contribution in [1.82, 2.24) is 4.90 Å². The van der Waals surface area contributed by atoms with Gasteiger partial charge < -0.3 is 14.7 Å². The number of nitrogens with zero attached hydrogens (tertiary/aromatic N) is 2. The molecule has 178 valence electrons. The van der Waals surface area contributed by atoms with E-state index in [1.165, 1.54) is 17.0 Å². The van der Waals surface area contributed by atoms with Crippen LogP contribution in [0.25, 0.3) is 11.1 Å². The van der Waals surface area contributed by atoms with Crippen LogP contribution in [-0.4, -0.2) is 45.6 Å². The molecule has 0 bridgehead atoms. The number of amides is 1. The molecule has 0 radical (unpaired) electrons. The maximum atomic E-state index is 13.5. The smallest absolute Gasteiger partial charge is 0.306 e. The van der Waals surface area contributed by atoms with Crippen LogP contribution in [0, 0.1) is 0 Å². The maximum Gasteiger partial charge on any atom is 0.306 e. The predicted molar refractivity (Wildman–Crippen MR) is 133 cm³/mol. The van der Waals surface area contributed by atoms with E-state index in [2.05, 4.69) is 4.99 Å². The number of methoxy groups -OCH3 is 1. The largest absolute Gasteiger partial charge is 0.497 e. The van der Waals surface area contributed by atoms with Crippen molar-refractivity contribution in [1.29, 1.82) is 0 Å². The summed E-state index contributed by atoms with van der Waals surface area (Å²) >= 11 is 0. The molecule has 2 N–H and O–H groups in total. The van der Waals surface area contributed by atoms with Gasteiger partial charge in [-0.05, 0) is 52.6 Å². The van der Waals surface area contributed by atoms with Crippen molar-refractivity contribution in [3.63, 3.8) is 0 Å². The summed E-state index contributed by atoms with van der Waals surface area (Å²) in [6, 6.07) is 21.3. The maximum absolute atomic E-state index is 13.5. The minimum Gasteiger partial charge on any atom is -0.497 e. The van der Waals surface area contributed by atoms with Gasteiger partial charge in [-0.1, -0.05) is 42.5 Å². The minimum atomic E-state index is -3.68. The molecule has 0 saturated carbocycles. The molecule has 34 heavy (non-hydrogen) atoms. The molecule has 0 unspecified atom stereocenters. The average Bonchev–Trinajstić information content (AvgIpc) is 3.03. The zero-order valence-electron chi connectivity index (χ0n) is 18.8. The van der Waals surface area contributed by atoms with Gasteiger partial charge in [-0.15, -0.1) is 12.4 Å². The fraction of sp³-hybridized carbons (Fsp3) is 0.167. The standard InChI is InChI=1S/C24H23N3O5S.ClH/c1-27-22(28)24(26-23(27)25,18-10-12-20(13-11-18)32-33(3,29)30)19-8-4-6-16(14-19)17-7-5-9-21(15-17)31-2;/h4-15H,1-3H3,(H2,25,26);1H/t24-;/m1./s1. The lowest BCUT2D eigenvalue weighted by atomic mass is 9.81. The lowest BCUT2D eigenvalue weighted by Gasteiger charge is -2.26. The van der Waals surface area contributed by atoms with Crippen LogP contribution < -0.4 is 14.7 Å². The van der Waals surface area contributed by atoms with Crippen molar-refractivity contribution in [2.45, 2.75) is 5.54 Å². The van der Waals surface area contributed by atoms with E-state index >= 15 is 0 Å². The highest BCUT2D eigenvalue weighted by Gasteiger charge is 2.49. The minimum absolute atomic E-state index is 0. The monoisotopic (exact) mass is 501 g/mol. The highest BCUT2D eigenvalue weighted by molar-refractivity contribution is 7.86. The number of hydrogen-bond acceptors (Lipinski definition) is 7. The van der Waals surface area contributed by atoms with E-state index < -0.39 is 15.7 Å². The predicted octanol–water partition coefficient (Wildman–Crippen LogP) is 3.15. The molecule has 8 nitrogen and oxygen atoms in total. The molecule has 0 saturated heterocycles. The van der Waals surface area contributed by atoms with Gasteiger partial charge in [0.05, 0.1) is 13.4 Å². The molecule has 4 rings (SSSR count). The van der Waals surface area contributed by atoms with Gasteiger partial charge in [-0.3, -0.25) is 9.69 Å². The lowest BCUT2D eigenvalue weighted by Crippen LogP contribution is -2.41. The number of guanidine groups is 1. The second-order valence-corrected chi connectivity index (χ2v) is 9.24. The SMILES string of the molecule is COc1cccc(-c2cccc([C@@]3(c4ccc(OS(C)(=O)=O)cc4)N=C(N)N(C)C3=O)c2)c1.Cl. The summed E-state index contributed by atoms with van der Waals surface area (Å²) in [7, 11) is -0.511. The number of likely N-dealkylation sites (N-methyl/N-ethyl adjacent to an activating group) is 1. The Labute approximate surface area is 204 Å². The lowest BCUT2D eigenvalue weighted by molar-refractivity contribution is -0.129. The first kappa shape index (κ1) is 25.1. The van der Waals surface area contributed by atoms with E-state index in [0.29, 0.717) is 16.9 Å². The first-order chi connectivity index (χ1) is 15.6. The zero-order chi connectivity index (χ0) is 23.8. The van der Waals surface area contributed by atoms with Gasteiger partial charge in [0.25, 0.3) is 5.91 Å². The van der Waals surface area contributed by atoms with E-state index in [0.717, 1.165) is 17.4 Å². The molecule has 0 aliphatic carbocycles. The first-order valence-electron chi connectivity index (χ1n) is 10.0. The van der Waals surface area contributed by atoms with Gasteiger partial charge in [0.15, 0.2) is 11.5 Å². The third-order valence-electron chi connectivity index (χ3n) is 5.44. The van der Waals surface area contributed by atoms with Gasteiger partial charge in [0, 0.05) is 7.05 Å². The van der Waals surface area contributed by atoms with Gasteiger partial charge >= 0.3 is 10.1 Å². The highest BCUT2D eigenvalue weighted by Crippen LogP contribution is 2.41. The molecule has 1 atom stereocenters. The number of halogens is 1. The van der Waals surface area contributed by atoms with Crippen LogP contribution in [0.3, 0.4) is 0 Å². The summed E-state index contributed by atoms with van der Waals surface area (Å²) in [5, 5.41) is 0. The number of nitrogens with two attached hydrogens (primary N) is 1. The topological polar surface area (TPSA) is 111 Å². The third-order valence-corrected chi connectivity index (χ3v) is 5.94. The van der Waals surface area contributed by atoms with E-state index in [1.54, 1.807) is 26.3 Å². The Bertz CT molecular complexity index is 1360. The summed E-state index contributed by atoms with van der Waals surface area (Å²) in [5.74, 6) is 0.619. The second kappa shape index (κ2) is 9.36.